The Morgan fingerprint density at radius 1 is 1.17 bits per heavy atom. The monoisotopic (exact) mass is 348 g/mol. The molecule has 1 saturated heterocycles. The molecule has 0 radical (unpaired) electrons. The highest BCUT2D eigenvalue weighted by molar-refractivity contribution is 7.89. The summed E-state index contributed by atoms with van der Waals surface area (Å²) in [5.41, 5.74) is 0.0694. The summed E-state index contributed by atoms with van der Waals surface area (Å²) < 4.78 is 53.9. The van der Waals surface area contributed by atoms with Crippen LogP contribution in [0.4, 0.5) is 8.78 Å². The predicted molar refractivity (Wildman–Crippen MR) is 82.6 cm³/mol. The number of aliphatic hydroxyl groups excluding tert-OH is 1. The van der Waals surface area contributed by atoms with Crippen LogP contribution in [0.5, 0.6) is 0 Å². The molecule has 5 nitrogen and oxygen atoms in total. The van der Waals surface area contributed by atoms with Crippen LogP contribution in [0.3, 0.4) is 0 Å². The van der Waals surface area contributed by atoms with Crippen molar-refractivity contribution >= 4 is 10.0 Å². The Hall–Kier alpha value is -1.09. The van der Waals surface area contributed by atoms with Gasteiger partial charge in [0.05, 0.1) is 6.61 Å². The molecule has 1 N–H and O–H groups in total. The maximum absolute atomic E-state index is 14.0. The van der Waals surface area contributed by atoms with Gasteiger partial charge in [-0.3, -0.25) is 4.90 Å². The maximum atomic E-state index is 14.0. The third-order valence-electron chi connectivity index (χ3n) is 4.30. The highest BCUT2D eigenvalue weighted by atomic mass is 32.2. The number of aliphatic hydroxyl groups is 1. The minimum absolute atomic E-state index is 0.00610. The lowest BCUT2D eigenvalue weighted by Crippen LogP contribution is -2.52. The Labute approximate surface area is 135 Å². The molecule has 1 aromatic rings. The Morgan fingerprint density at radius 3 is 2.30 bits per heavy atom. The van der Waals surface area contributed by atoms with Gasteiger partial charge in [-0.1, -0.05) is 6.92 Å². The number of hydrogen-bond donors (Lipinski definition) is 1. The minimum Gasteiger partial charge on any atom is -0.395 e. The lowest BCUT2D eigenvalue weighted by molar-refractivity contribution is 0.0880. The van der Waals surface area contributed by atoms with Crippen molar-refractivity contribution in [3.63, 3.8) is 0 Å². The van der Waals surface area contributed by atoms with Gasteiger partial charge in [-0.15, -0.1) is 0 Å². The van der Waals surface area contributed by atoms with E-state index in [2.05, 4.69) is 0 Å². The van der Waals surface area contributed by atoms with Crippen LogP contribution in [0.15, 0.2) is 17.0 Å². The van der Waals surface area contributed by atoms with Gasteiger partial charge in [0.2, 0.25) is 10.0 Å². The van der Waals surface area contributed by atoms with Crippen molar-refractivity contribution in [3.8, 4) is 0 Å². The van der Waals surface area contributed by atoms with Crippen LogP contribution in [-0.4, -0.2) is 61.6 Å². The lowest BCUT2D eigenvalue weighted by Gasteiger charge is -2.37. The number of piperazine rings is 1. The summed E-state index contributed by atoms with van der Waals surface area (Å²) in [6, 6.07) is 1.64. The number of halogens is 2. The van der Waals surface area contributed by atoms with E-state index in [1.165, 1.54) is 11.2 Å². The van der Waals surface area contributed by atoms with Gasteiger partial charge in [0, 0.05) is 32.2 Å². The molecule has 0 spiro atoms. The second-order valence-electron chi connectivity index (χ2n) is 5.72. The number of rotatable bonds is 5. The van der Waals surface area contributed by atoms with Crippen LogP contribution in [0.25, 0.3) is 0 Å². The molecule has 1 aliphatic rings. The van der Waals surface area contributed by atoms with Crippen molar-refractivity contribution in [2.75, 3.05) is 32.8 Å². The van der Waals surface area contributed by atoms with Gasteiger partial charge in [-0.05, 0) is 31.0 Å². The van der Waals surface area contributed by atoms with Crippen LogP contribution in [0, 0.1) is 18.6 Å². The van der Waals surface area contributed by atoms with Crippen molar-refractivity contribution in [2.24, 2.45) is 0 Å². The van der Waals surface area contributed by atoms with Gasteiger partial charge in [0.25, 0.3) is 0 Å². The Kier molecular flexibility index (Phi) is 5.72. The van der Waals surface area contributed by atoms with Crippen LogP contribution in [0.1, 0.15) is 18.9 Å². The van der Waals surface area contributed by atoms with Crippen molar-refractivity contribution in [2.45, 2.75) is 31.2 Å². The van der Waals surface area contributed by atoms with Crippen LogP contribution in [-0.2, 0) is 10.0 Å². The van der Waals surface area contributed by atoms with Gasteiger partial charge < -0.3 is 5.11 Å². The van der Waals surface area contributed by atoms with Crippen LogP contribution in [0.2, 0.25) is 0 Å². The van der Waals surface area contributed by atoms with E-state index < -0.39 is 26.6 Å². The largest absolute Gasteiger partial charge is 0.395 e. The number of sulfonamides is 1. The van der Waals surface area contributed by atoms with Gasteiger partial charge in [0.1, 0.15) is 16.5 Å². The first-order chi connectivity index (χ1) is 10.8. The molecule has 1 fully saturated rings. The first-order valence-electron chi connectivity index (χ1n) is 7.62. The molecule has 23 heavy (non-hydrogen) atoms. The van der Waals surface area contributed by atoms with Gasteiger partial charge in [0.15, 0.2) is 0 Å². The summed E-state index contributed by atoms with van der Waals surface area (Å²) >= 11 is 0. The number of benzene rings is 1. The van der Waals surface area contributed by atoms with Gasteiger partial charge in [-0.25, -0.2) is 17.2 Å². The fourth-order valence-electron chi connectivity index (χ4n) is 2.78. The zero-order valence-electron chi connectivity index (χ0n) is 13.3. The molecule has 2 rings (SSSR count). The van der Waals surface area contributed by atoms with Gasteiger partial charge >= 0.3 is 0 Å². The fraction of sp³-hybridized carbons (Fsp3) is 0.600. The van der Waals surface area contributed by atoms with E-state index in [1.807, 2.05) is 11.8 Å². The van der Waals surface area contributed by atoms with Crippen molar-refractivity contribution in [1.29, 1.82) is 0 Å². The van der Waals surface area contributed by atoms with E-state index in [0.717, 1.165) is 18.6 Å². The predicted octanol–water partition coefficient (Wildman–Crippen LogP) is 1.35. The van der Waals surface area contributed by atoms with E-state index in [-0.39, 0.29) is 31.3 Å². The summed E-state index contributed by atoms with van der Waals surface area (Å²) in [7, 11) is -4.07. The SMILES string of the molecule is CCC(CO)N1CCN(S(=O)(=O)c2cc(F)c(C)cc2F)CC1. The van der Waals surface area contributed by atoms with Crippen molar-refractivity contribution in [3.05, 3.63) is 29.3 Å². The topological polar surface area (TPSA) is 60.9 Å². The average Bonchev–Trinajstić information content (AvgIpc) is 2.52. The first-order valence-corrected chi connectivity index (χ1v) is 9.06. The Bertz CT molecular complexity index is 655. The summed E-state index contributed by atoms with van der Waals surface area (Å²) in [6.07, 6.45) is 0.765. The quantitative estimate of drug-likeness (QED) is 0.873. The number of hydrogen-bond acceptors (Lipinski definition) is 4. The molecule has 8 heteroatoms. The third-order valence-corrected chi connectivity index (χ3v) is 6.22. The molecule has 1 unspecified atom stereocenters. The number of aryl methyl sites for hydroxylation is 1. The maximum Gasteiger partial charge on any atom is 0.246 e. The van der Waals surface area contributed by atoms with Crippen molar-refractivity contribution in [1.82, 2.24) is 9.21 Å². The average molecular weight is 348 g/mol. The molecule has 0 saturated carbocycles. The molecule has 130 valence electrons. The highest BCUT2D eigenvalue weighted by Crippen LogP contribution is 2.24. The summed E-state index contributed by atoms with van der Waals surface area (Å²) in [5, 5.41) is 9.31. The molecule has 1 atom stereocenters. The van der Waals surface area contributed by atoms with E-state index in [9.17, 15) is 22.3 Å². The standard InChI is InChI=1S/C15H22F2N2O3S/c1-3-12(10-20)18-4-6-19(7-5-18)23(21,22)15-9-13(16)11(2)8-14(15)17/h8-9,12,20H,3-7,10H2,1-2H3. The zero-order valence-corrected chi connectivity index (χ0v) is 14.1. The van der Waals surface area contributed by atoms with Gasteiger partial charge in [-0.2, -0.15) is 4.31 Å². The first kappa shape index (κ1) is 18.3. The van der Waals surface area contributed by atoms with E-state index >= 15 is 0 Å². The van der Waals surface area contributed by atoms with E-state index in [1.54, 1.807) is 0 Å². The van der Waals surface area contributed by atoms with Crippen molar-refractivity contribution < 1.29 is 22.3 Å². The highest BCUT2D eigenvalue weighted by Gasteiger charge is 2.32. The second kappa shape index (κ2) is 7.21. The normalized spacial score (nSPS) is 19.0. The fourth-order valence-corrected chi connectivity index (χ4v) is 4.26. The Morgan fingerprint density at radius 2 is 1.78 bits per heavy atom. The van der Waals surface area contributed by atoms with Crippen LogP contribution < -0.4 is 0 Å². The molecule has 1 aromatic carbocycles. The van der Waals surface area contributed by atoms with E-state index in [4.69, 9.17) is 0 Å². The second-order valence-corrected chi connectivity index (χ2v) is 7.62. The molecular weight excluding hydrogens is 326 g/mol. The van der Waals surface area contributed by atoms with Crippen LogP contribution >= 0.6 is 0 Å². The summed E-state index contributed by atoms with van der Waals surface area (Å²) in [5.74, 6) is -1.68. The third kappa shape index (κ3) is 3.71. The molecule has 0 aromatic heterocycles. The van der Waals surface area contributed by atoms with E-state index in [0.29, 0.717) is 13.1 Å². The Balaban J connectivity index is 2.18. The smallest absolute Gasteiger partial charge is 0.246 e. The minimum atomic E-state index is -4.07. The lowest BCUT2D eigenvalue weighted by atomic mass is 10.2. The molecule has 1 aliphatic heterocycles. The molecular formula is C15H22F2N2O3S. The number of nitrogens with zero attached hydrogens (tertiary/aromatic N) is 2. The summed E-state index contributed by atoms with van der Waals surface area (Å²) in [4.78, 5) is 1.39. The zero-order chi connectivity index (χ0) is 17.2. The molecule has 0 aliphatic carbocycles. The molecule has 0 bridgehead atoms. The summed E-state index contributed by atoms with van der Waals surface area (Å²) in [6.45, 7) is 4.63. The molecule has 1 heterocycles. The molecule has 0 amide bonds.